The number of hydrogen-bond acceptors (Lipinski definition) is 2. The molecule has 0 saturated carbocycles. The minimum Gasteiger partial charge on any atom is -0.389 e. The number of aromatic nitrogens is 1. The Hall–Kier alpha value is -1.81. The average molecular weight is 274 g/mol. The number of benzene rings is 1. The summed E-state index contributed by atoms with van der Waals surface area (Å²) in [5.74, 6) is 0.00883. The topological polar surface area (TPSA) is 56.3 Å². The van der Waals surface area contributed by atoms with Crippen LogP contribution in [0.25, 0.3) is 10.9 Å². The second-order valence-electron chi connectivity index (χ2n) is 6.05. The summed E-state index contributed by atoms with van der Waals surface area (Å²) < 4.78 is 0. The van der Waals surface area contributed by atoms with Gasteiger partial charge in [0.2, 0.25) is 5.91 Å². The highest BCUT2D eigenvalue weighted by atomic mass is 16.3. The third kappa shape index (κ3) is 3.20. The molecule has 1 heterocycles. The quantitative estimate of drug-likeness (QED) is 0.898. The first-order valence-corrected chi connectivity index (χ1v) is 6.80. The minimum absolute atomic E-state index is 0.00883. The zero-order valence-electron chi connectivity index (χ0n) is 12.5. The number of aryl methyl sites for hydroxylation is 1. The van der Waals surface area contributed by atoms with Crippen molar-refractivity contribution in [3.05, 3.63) is 35.5 Å². The van der Waals surface area contributed by atoms with Crippen molar-refractivity contribution in [3.63, 3.8) is 0 Å². The molecule has 0 fully saturated rings. The number of H-pyrrole nitrogens is 1. The summed E-state index contributed by atoms with van der Waals surface area (Å²) in [6.45, 7) is 5.77. The van der Waals surface area contributed by atoms with Crippen LogP contribution in [0.3, 0.4) is 0 Å². The number of aromatic amines is 1. The van der Waals surface area contributed by atoms with E-state index in [4.69, 9.17) is 0 Å². The highest BCUT2D eigenvalue weighted by Crippen LogP contribution is 2.22. The van der Waals surface area contributed by atoms with E-state index < -0.39 is 5.60 Å². The van der Waals surface area contributed by atoms with Gasteiger partial charge in [-0.2, -0.15) is 0 Å². The van der Waals surface area contributed by atoms with E-state index in [0.717, 1.165) is 16.5 Å². The van der Waals surface area contributed by atoms with E-state index in [1.165, 1.54) is 5.56 Å². The molecule has 1 aromatic carbocycles. The number of nitrogens with one attached hydrogen (secondary N) is 1. The molecule has 0 unspecified atom stereocenters. The van der Waals surface area contributed by atoms with Crippen LogP contribution in [0.1, 0.15) is 25.0 Å². The number of likely N-dealkylation sites (N-methyl/N-ethyl adjacent to an activating group) is 1. The van der Waals surface area contributed by atoms with Crippen LogP contribution >= 0.6 is 0 Å². The van der Waals surface area contributed by atoms with Gasteiger partial charge in [-0.05, 0) is 31.9 Å². The van der Waals surface area contributed by atoms with Gasteiger partial charge < -0.3 is 15.0 Å². The molecule has 0 aliphatic heterocycles. The van der Waals surface area contributed by atoms with Gasteiger partial charge >= 0.3 is 0 Å². The first-order valence-electron chi connectivity index (χ1n) is 6.80. The molecule has 2 rings (SSSR count). The molecule has 1 aromatic heterocycles. The van der Waals surface area contributed by atoms with E-state index in [1.54, 1.807) is 25.8 Å². The Labute approximate surface area is 119 Å². The smallest absolute Gasteiger partial charge is 0.226 e. The number of aliphatic hydroxyl groups is 1. The number of rotatable bonds is 4. The number of fused-ring (bicyclic) bond motifs is 1. The van der Waals surface area contributed by atoms with Gasteiger partial charge in [0.05, 0.1) is 12.0 Å². The lowest BCUT2D eigenvalue weighted by molar-refractivity contribution is -0.131. The molecule has 2 N–H and O–H groups in total. The second kappa shape index (κ2) is 5.29. The van der Waals surface area contributed by atoms with Crippen molar-refractivity contribution in [3.8, 4) is 0 Å². The Bertz CT molecular complexity index is 623. The number of carbonyl (C=O) groups is 1. The molecule has 0 radical (unpaired) electrons. The number of hydrogen-bond donors (Lipinski definition) is 2. The van der Waals surface area contributed by atoms with Crippen molar-refractivity contribution in [2.75, 3.05) is 13.6 Å². The molecule has 0 spiro atoms. The van der Waals surface area contributed by atoms with Gasteiger partial charge in [-0.15, -0.1) is 0 Å². The lowest BCUT2D eigenvalue weighted by Gasteiger charge is -2.25. The van der Waals surface area contributed by atoms with Crippen molar-refractivity contribution >= 4 is 16.8 Å². The van der Waals surface area contributed by atoms with Gasteiger partial charge in [-0.1, -0.05) is 18.2 Å². The molecule has 0 aliphatic rings. The highest BCUT2D eigenvalue weighted by molar-refractivity contribution is 5.90. The van der Waals surface area contributed by atoms with Crippen molar-refractivity contribution in [2.45, 2.75) is 32.8 Å². The lowest BCUT2D eigenvalue weighted by Crippen LogP contribution is -2.40. The van der Waals surface area contributed by atoms with E-state index in [-0.39, 0.29) is 5.91 Å². The predicted molar refractivity (Wildman–Crippen MR) is 80.7 cm³/mol. The molecular weight excluding hydrogens is 252 g/mol. The fourth-order valence-electron chi connectivity index (χ4n) is 2.48. The largest absolute Gasteiger partial charge is 0.389 e. The van der Waals surface area contributed by atoms with Crippen molar-refractivity contribution in [2.24, 2.45) is 0 Å². The van der Waals surface area contributed by atoms with Gasteiger partial charge in [0.15, 0.2) is 0 Å². The standard InChI is InChI=1S/C16H22N2O2/c1-11-6-5-7-13-12(9-17-15(11)13)8-14(19)18(4)10-16(2,3)20/h5-7,9,17,20H,8,10H2,1-4H3. The number of carbonyl (C=O) groups excluding carboxylic acids is 1. The SMILES string of the molecule is Cc1cccc2c(CC(=O)N(C)CC(C)(C)O)c[nH]c12. The maximum absolute atomic E-state index is 12.2. The molecule has 20 heavy (non-hydrogen) atoms. The predicted octanol–water partition coefficient (Wildman–Crippen LogP) is 2.25. The molecule has 108 valence electrons. The molecule has 0 saturated heterocycles. The summed E-state index contributed by atoms with van der Waals surface area (Å²) >= 11 is 0. The zero-order chi connectivity index (χ0) is 14.9. The molecule has 1 amide bonds. The Balaban J connectivity index is 2.16. The third-order valence-electron chi connectivity index (χ3n) is 3.40. The van der Waals surface area contributed by atoms with E-state index in [1.807, 2.05) is 31.3 Å². The monoisotopic (exact) mass is 274 g/mol. The van der Waals surface area contributed by atoms with Gasteiger partial charge in [-0.3, -0.25) is 4.79 Å². The van der Waals surface area contributed by atoms with Crippen LogP contribution in [0, 0.1) is 6.92 Å². The minimum atomic E-state index is -0.874. The summed E-state index contributed by atoms with van der Waals surface area (Å²) in [6.07, 6.45) is 2.24. The van der Waals surface area contributed by atoms with E-state index >= 15 is 0 Å². The van der Waals surface area contributed by atoms with Crippen molar-refractivity contribution < 1.29 is 9.90 Å². The summed E-state index contributed by atoms with van der Waals surface area (Å²) in [5, 5.41) is 10.9. The van der Waals surface area contributed by atoms with Crippen LogP contribution in [0.2, 0.25) is 0 Å². The first kappa shape index (κ1) is 14.6. The summed E-state index contributed by atoms with van der Waals surface area (Å²) in [4.78, 5) is 17.0. The Morgan fingerprint density at radius 3 is 2.75 bits per heavy atom. The van der Waals surface area contributed by atoms with Gasteiger partial charge in [0.25, 0.3) is 0 Å². The molecule has 0 aliphatic carbocycles. The van der Waals surface area contributed by atoms with Crippen LogP contribution in [0.4, 0.5) is 0 Å². The fraction of sp³-hybridized carbons (Fsp3) is 0.438. The lowest BCUT2D eigenvalue weighted by atomic mass is 10.1. The van der Waals surface area contributed by atoms with Crippen LogP contribution in [-0.4, -0.2) is 40.1 Å². The highest BCUT2D eigenvalue weighted by Gasteiger charge is 2.20. The molecule has 0 atom stereocenters. The summed E-state index contributed by atoms with van der Waals surface area (Å²) in [6, 6.07) is 6.07. The van der Waals surface area contributed by atoms with Crippen LogP contribution in [0.5, 0.6) is 0 Å². The summed E-state index contributed by atoms with van der Waals surface area (Å²) in [5.41, 5.74) is 2.38. The van der Waals surface area contributed by atoms with Crippen LogP contribution in [0.15, 0.2) is 24.4 Å². The van der Waals surface area contributed by atoms with Gasteiger partial charge in [-0.25, -0.2) is 0 Å². The molecule has 2 aromatic rings. The van der Waals surface area contributed by atoms with E-state index in [9.17, 15) is 9.90 Å². The average Bonchev–Trinajstić information content (AvgIpc) is 2.72. The van der Waals surface area contributed by atoms with Gasteiger partial charge in [0.1, 0.15) is 0 Å². The zero-order valence-corrected chi connectivity index (χ0v) is 12.5. The van der Waals surface area contributed by atoms with Crippen molar-refractivity contribution in [1.82, 2.24) is 9.88 Å². The van der Waals surface area contributed by atoms with E-state index in [0.29, 0.717) is 13.0 Å². The second-order valence-corrected chi connectivity index (χ2v) is 6.05. The molecule has 0 bridgehead atoms. The van der Waals surface area contributed by atoms with Crippen LogP contribution < -0.4 is 0 Å². The maximum Gasteiger partial charge on any atom is 0.226 e. The third-order valence-corrected chi connectivity index (χ3v) is 3.40. The molecular formula is C16H22N2O2. The molecule has 4 heteroatoms. The Morgan fingerprint density at radius 2 is 2.10 bits per heavy atom. The van der Waals surface area contributed by atoms with Crippen molar-refractivity contribution in [1.29, 1.82) is 0 Å². The van der Waals surface area contributed by atoms with E-state index in [2.05, 4.69) is 4.98 Å². The normalized spacial score (nSPS) is 11.8. The number of nitrogens with zero attached hydrogens (tertiary/aromatic N) is 1. The summed E-state index contributed by atoms with van der Waals surface area (Å²) in [7, 11) is 1.72. The molecule has 4 nitrogen and oxygen atoms in total. The maximum atomic E-state index is 12.2. The van der Waals surface area contributed by atoms with Gasteiger partial charge in [0, 0.05) is 30.7 Å². The number of para-hydroxylation sites is 1. The number of amides is 1. The van der Waals surface area contributed by atoms with Crippen LogP contribution in [-0.2, 0) is 11.2 Å². The Morgan fingerprint density at radius 1 is 1.40 bits per heavy atom. The first-order chi connectivity index (χ1) is 9.28. The fourth-order valence-corrected chi connectivity index (χ4v) is 2.48. The Kier molecular flexibility index (Phi) is 3.86.